The van der Waals surface area contributed by atoms with Crippen LogP contribution in [0.3, 0.4) is 0 Å². The summed E-state index contributed by atoms with van der Waals surface area (Å²) in [4.78, 5) is 9.55. The van der Waals surface area contributed by atoms with Crippen LogP contribution in [0.25, 0.3) is 0 Å². The van der Waals surface area contributed by atoms with Crippen molar-refractivity contribution in [1.29, 1.82) is 0 Å². The first kappa shape index (κ1) is 15.2. The van der Waals surface area contributed by atoms with E-state index >= 15 is 0 Å². The lowest BCUT2D eigenvalue weighted by Gasteiger charge is -2.26. The second kappa shape index (κ2) is 5.69. The number of hydrogen-bond donors (Lipinski definition) is 0. The van der Waals surface area contributed by atoms with Gasteiger partial charge >= 0.3 is 5.82 Å². The Balaban J connectivity index is 2.36. The zero-order valence-electron chi connectivity index (χ0n) is 11.0. The molecular formula is C11H16ClN3O4S. The molecule has 1 fully saturated rings. The fraction of sp³-hybridized carbons (Fsp3) is 0.727. The largest absolute Gasteiger partial charge is 0.410 e. The predicted octanol–water partition coefficient (Wildman–Crippen LogP) is 2.86. The van der Waals surface area contributed by atoms with E-state index in [-0.39, 0.29) is 6.04 Å². The molecule has 1 aliphatic carbocycles. The second-order valence-corrected chi connectivity index (χ2v) is 7.62. The molecule has 2 rings (SSSR count). The van der Waals surface area contributed by atoms with Gasteiger partial charge in [-0.15, -0.1) is 0 Å². The Morgan fingerprint density at radius 2 is 2.25 bits per heavy atom. The molecule has 1 aliphatic rings. The van der Waals surface area contributed by atoms with Gasteiger partial charge in [0.15, 0.2) is 0 Å². The van der Waals surface area contributed by atoms with E-state index in [9.17, 15) is 18.5 Å². The van der Waals surface area contributed by atoms with E-state index in [4.69, 9.17) is 10.7 Å². The lowest BCUT2D eigenvalue weighted by atomic mass is 9.84. The zero-order chi connectivity index (χ0) is 14.9. The molecule has 112 valence electrons. The maximum atomic E-state index is 11.4. The van der Waals surface area contributed by atoms with Gasteiger partial charge in [0.1, 0.15) is 0 Å². The number of halogens is 1. The van der Waals surface area contributed by atoms with Crippen molar-refractivity contribution >= 4 is 25.6 Å². The summed E-state index contributed by atoms with van der Waals surface area (Å²) in [6, 6.07) is -0.000401. The zero-order valence-corrected chi connectivity index (χ0v) is 12.6. The van der Waals surface area contributed by atoms with Crippen molar-refractivity contribution in [1.82, 2.24) is 9.78 Å². The second-order valence-electron chi connectivity index (χ2n) is 5.09. The first-order valence-electron chi connectivity index (χ1n) is 6.51. The summed E-state index contributed by atoms with van der Waals surface area (Å²) in [6.07, 6.45) is 6.08. The third-order valence-electron chi connectivity index (χ3n) is 3.82. The van der Waals surface area contributed by atoms with E-state index in [0.717, 1.165) is 32.1 Å². The van der Waals surface area contributed by atoms with Crippen LogP contribution >= 0.6 is 10.7 Å². The Morgan fingerprint density at radius 3 is 2.75 bits per heavy atom. The van der Waals surface area contributed by atoms with Gasteiger partial charge in [-0.25, -0.2) is 8.42 Å². The van der Waals surface area contributed by atoms with Crippen LogP contribution < -0.4 is 0 Å². The van der Waals surface area contributed by atoms with E-state index in [1.54, 1.807) is 0 Å². The van der Waals surface area contributed by atoms with Crippen LogP contribution in [0.1, 0.15) is 45.1 Å². The molecule has 0 saturated heterocycles. The molecule has 1 aromatic rings. The van der Waals surface area contributed by atoms with Crippen LogP contribution in [-0.2, 0) is 9.05 Å². The molecule has 1 aromatic heterocycles. The number of nitrogens with zero attached hydrogens (tertiary/aromatic N) is 3. The third kappa shape index (κ3) is 3.12. The molecule has 1 saturated carbocycles. The van der Waals surface area contributed by atoms with Crippen LogP contribution in [0.4, 0.5) is 5.82 Å². The van der Waals surface area contributed by atoms with Gasteiger partial charge in [0, 0.05) is 10.7 Å². The molecule has 1 heterocycles. The Bertz CT molecular complexity index is 613. The smallest absolute Gasteiger partial charge is 0.358 e. The van der Waals surface area contributed by atoms with Crippen molar-refractivity contribution in [3.8, 4) is 0 Å². The summed E-state index contributed by atoms with van der Waals surface area (Å²) in [7, 11) is 1.06. The van der Waals surface area contributed by atoms with Crippen molar-refractivity contribution in [2.75, 3.05) is 0 Å². The maximum Gasteiger partial charge on any atom is 0.410 e. The summed E-state index contributed by atoms with van der Waals surface area (Å²) in [5.41, 5.74) is 0. The van der Waals surface area contributed by atoms with Gasteiger partial charge in [-0.05, 0) is 23.7 Å². The van der Waals surface area contributed by atoms with Crippen molar-refractivity contribution < 1.29 is 13.3 Å². The molecule has 0 amide bonds. The minimum atomic E-state index is -4.17. The molecule has 2 atom stereocenters. The minimum Gasteiger partial charge on any atom is -0.358 e. The summed E-state index contributed by atoms with van der Waals surface area (Å²) < 4.78 is 24.2. The molecule has 0 aliphatic heterocycles. The molecule has 20 heavy (non-hydrogen) atoms. The number of hydrogen-bond acceptors (Lipinski definition) is 5. The monoisotopic (exact) mass is 321 g/mol. The molecule has 7 nitrogen and oxygen atoms in total. The molecular weight excluding hydrogens is 306 g/mol. The Labute approximate surface area is 121 Å². The van der Waals surface area contributed by atoms with Crippen LogP contribution in [0.2, 0.25) is 0 Å². The van der Waals surface area contributed by atoms with Gasteiger partial charge in [0.2, 0.25) is 4.90 Å². The lowest BCUT2D eigenvalue weighted by molar-refractivity contribution is -0.392. The van der Waals surface area contributed by atoms with Crippen molar-refractivity contribution in [3.05, 3.63) is 16.3 Å². The molecule has 0 radical (unpaired) electrons. The van der Waals surface area contributed by atoms with E-state index in [1.807, 2.05) is 0 Å². The highest BCUT2D eigenvalue weighted by atomic mass is 35.7. The lowest BCUT2D eigenvalue weighted by Crippen LogP contribution is -2.19. The van der Waals surface area contributed by atoms with Crippen molar-refractivity contribution in [2.45, 2.75) is 50.0 Å². The van der Waals surface area contributed by atoms with Crippen LogP contribution in [0, 0.1) is 16.0 Å². The normalized spacial score (nSPS) is 23.7. The van der Waals surface area contributed by atoms with Gasteiger partial charge in [-0.3, -0.25) is 0 Å². The van der Waals surface area contributed by atoms with Crippen LogP contribution in [-0.4, -0.2) is 23.1 Å². The number of nitro groups is 1. The first-order valence-corrected chi connectivity index (χ1v) is 8.82. The summed E-state index contributed by atoms with van der Waals surface area (Å²) in [6.45, 7) is 2.10. The summed E-state index contributed by atoms with van der Waals surface area (Å²) in [5, 5.41) is 14.7. The molecule has 0 N–H and O–H groups in total. The fourth-order valence-electron chi connectivity index (χ4n) is 2.72. The summed E-state index contributed by atoms with van der Waals surface area (Å²) in [5.74, 6) is -0.147. The number of rotatable bonds is 4. The highest BCUT2D eigenvalue weighted by Gasteiger charge is 2.33. The molecule has 0 spiro atoms. The number of aromatic nitrogens is 2. The standard InChI is InChI=1S/C11H16ClN3O4S/c1-2-8-4-3-5-9(6-8)14-7-10(20(12,18)19)11(13-14)15(16)17/h7-9H,2-6H2,1H3. The van der Waals surface area contributed by atoms with Gasteiger partial charge < -0.3 is 10.1 Å². The quantitative estimate of drug-likeness (QED) is 0.482. The predicted molar refractivity (Wildman–Crippen MR) is 73.2 cm³/mol. The first-order chi connectivity index (χ1) is 9.32. The van der Waals surface area contributed by atoms with Gasteiger partial charge in [-0.1, -0.05) is 26.2 Å². The molecule has 9 heteroatoms. The van der Waals surface area contributed by atoms with E-state index in [2.05, 4.69) is 12.0 Å². The third-order valence-corrected chi connectivity index (χ3v) is 5.13. The highest BCUT2D eigenvalue weighted by Crippen LogP contribution is 2.36. The Hall–Kier alpha value is -1.15. The SMILES string of the molecule is CCC1CCCC(n2cc(S(=O)(=O)Cl)c([N+](=O)[O-])n2)C1. The molecule has 0 bridgehead atoms. The minimum absolute atomic E-state index is 0.000401. The van der Waals surface area contributed by atoms with E-state index in [0.29, 0.717) is 5.92 Å². The Kier molecular flexibility index (Phi) is 4.33. The highest BCUT2D eigenvalue weighted by molar-refractivity contribution is 8.13. The van der Waals surface area contributed by atoms with Crippen LogP contribution in [0.5, 0.6) is 0 Å². The van der Waals surface area contributed by atoms with Gasteiger partial charge in [-0.2, -0.15) is 4.68 Å². The van der Waals surface area contributed by atoms with Gasteiger partial charge in [0.25, 0.3) is 9.05 Å². The Morgan fingerprint density at radius 1 is 1.55 bits per heavy atom. The average Bonchev–Trinajstić information content (AvgIpc) is 2.84. The maximum absolute atomic E-state index is 11.4. The topological polar surface area (TPSA) is 95.1 Å². The summed E-state index contributed by atoms with van der Waals surface area (Å²) >= 11 is 0. The van der Waals surface area contributed by atoms with E-state index in [1.165, 1.54) is 10.9 Å². The van der Waals surface area contributed by atoms with Gasteiger partial charge in [0.05, 0.1) is 17.3 Å². The fourth-order valence-corrected chi connectivity index (χ4v) is 3.62. The molecule has 2 unspecified atom stereocenters. The van der Waals surface area contributed by atoms with Crippen LogP contribution in [0.15, 0.2) is 11.1 Å². The van der Waals surface area contributed by atoms with Crippen molar-refractivity contribution in [2.24, 2.45) is 5.92 Å². The average molecular weight is 322 g/mol. The van der Waals surface area contributed by atoms with Crippen molar-refractivity contribution in [3.63, 3.8) is 0 Å². The van der Waals surface area contributed by atoms with E-state index < -0.39 is 24.7 Å². The molecule has 0 aromatic carbocycles.